The highest BCUT2D eigenvalue weighted by atomic mass is 19.1. The van der Waals surface area contributed by atoms with E-state index < -0.39 is 0 Å². The molecule has 130 valence electrons. The van der Waals surface area contributed by atoms with Crippen LogP contribution in [0, 0.1) is 19.7 Å². The standard InChI is InChI=1S/C20H17FN4O/c1-13-6-7-17(8-14(13)2)25-19-18(10-23-25)20(26)24(12-22-19)11-15-4-3-5-16(21)9-15/h3-10,12H,11H2,1-2H3. The second kappa shape index (κ2) is 6.22. The van der Waals surface area contributed by atoms with Gasteiger partial charge in [0.15, 0.2) is 5.65 Å². The second-order valence-corrected chi connectivity index (χ2v) is 6.37. The quantitative estimate of drug-likeness (QED) is 0.570. The molecule has 0 aliphatic carbocycles. The molecule has 26 heavy (non-hydrogen) atoms. The van der Waals surface area contributed by atoms with Crippen LogP contribution in [0.1, 0.15) is 16.7 Å². The summed E-state index contributed by atoms with van der Waals surface area (Å²) in [5.74, 6) is -0.327. The molecule has 0 saturated heterocycles. The fourth-order valence-electron chi connectivity index (χ4n) is 2.94. The summed E-state index contributed by atoms with van der Waals surface area (Å²) in [4.78, 5) is 17.2. The van der Waals surface area contributed by atoms with E-state index in [9.17, 15) is 9.18 Å². The van der Waals surface area contributed by atoms with E-state index in [4.69, 9.17) is 0 Å². The van der Waals surface area contributed by atoms with Gasteiger partial charge in [-0.25, -0.2) is 14.1 Å². The first-order valence-corrected chi connectivity index (χ1v) is 8.28. The summed E-state index contributed by atoms with van der Waals surface area (Å²) in [6, 6.07) is 12.2. The molecule has 0 atom stereocenters. The fraction of sp³-hybridized carbons (Fsp3) is 0.150. The van der Waals surface area contributed by atoms with Crippen molar-refractivity contribution < 1.29 is 4.39 Å². The van der Waals surface area contributed by atoms with Crippen LogP contribution in [0.3, 0.4) is 0 Å². The predicted molar refractivity (Wildman–Crippen MR) is 98.1 cm³/mol. The van der Waals surface area contributed by atoms with Gasteiger partial charge in [-0.15, -0.1) is 0 Å². The number of aromatic nitrogens is 4. The third-order valence-corrected chi connectivity index (χ3v) is 4.53. The smallest absolute Gasteiger partial charge is 0.264 e. The Bertz CT molecular complexity index is 1180. The molecule has 0 amide bonds. The van der Waals surface area contributed by atoms with Gasteiger partial charge in [-0.05, 0) is 54.8 Å². The molecule has 5 nitrogen and oxygen atoms in total. The van der Waals surface area contributed by atoms with Crippen LogP contribution >= 0.6 is 0 Å². The minimum atomic E-state index is -0.327. The number of nitrogens with zero attached hydrogens (tertiary/aromatic N) is 4. The Morgan fingerprint density at radius 3 is 2.69 bits per heavy atom. The van der Waals surface area contributed by atoms with Crippen LogP contribution in [0.15, 0.2) is 59.8 Å². The van der Waals surface area contributed by atoms with E-state index in [-0.39, 0.29) is 17.9 Å². The van der Waals surface area contributed by atoms with E-state index in [1.807, 2.05) is 32.0 Å². The van der Waals surface area contributed by atoms with E-state index in [0.717, 1.165) is 11.3 Å². The van der Waals surface area contributed by atoms with Gasteiger partial charge >= 0.3 is 0 Å². The van der Waals surface area contributed by atoms with Crippen molar-refractivity contribution in [1.29, 1.82) is 0 Å². The molecular weight excluding hydrogens is 331 g/mol. The Hall–Kier alpha value is -3.28. The van der Waals surface area contributed by atoms with Gasteiger partial charge in [0.2, 0.25) is 0 Å². The Kier molecular flexibility index (Phi) is 3.88. The number of hydrogen-bond acceptors (Lipinski definition) is 3. The molecular formula is C20H17FN4O. The number of halogens is 1. The van der Waals surface area contributed by atoms with E-state index in [1.165, 1.54) is 34.8 Å². The van der Waals surface area contributed by atoms with Crippen LogP contribution in [0.4, 0.5) is 4.39 Å². The predicted octanol–water partition coefficient (Wildman–Crippen LogP) is 3.39. The topological polar surface area (TPSA) is 52.7 Å². The number of aryl methyl sites for hydroxylation is 2. The number of fused-ring (bicyclic) bond motifs is 1. The second-order valence-electron chi connectivity index (χ2n) is 6.37. The minimum absolute atomic E-state index is 0.200. The van der Waals surface area contributed by atoms with Gasteiger partial charge in [-0.2, -0.15) is 5.10 Å². The highest BCUT2D eigenvalue weighted by molar-refractivity contribution is 5.75. The highest BCUT2D eigenvalue weighted by Crippen LogP contribution is 2.17. The normalized spacial score (nSPS) is 11.2. The molecule has 2 aromatic carbocycles. The Labute approximate surface area is 149 Å². The lowest BCUT2D eigenvalue weighted by molar-refractivity contribution is 0.622. The molecule has 6 heteroatoms. The zero-order valence-electron chi connectivity index (χ0n) is 14.5. The van der Waals surface area contributed by atoms with Crippen LogP contribution in [0.25, 0.3) is 16.7 Å². The summed E-state index contributed by atoms with van der Waals surface area (Å²) in [6.45, 7) is 4.34. The molecule has 0 fully saturated rings. The Balaban J connectivity index is 1.78. The van der Waals surface area contributed by atoms with Crippen molar-refractivity contribution in [2.45, 2.75) is 20.4 Å². The van der Waals surface area contributed by atoms with E-state index in [2.05, 4.69) is 10.1 Å². The molecule has 0 aliphatic heterocycles. The summed E-state index contributed by atoms with van der Waals surface area (Å²) < 4.78 is 16.5. The van der Waals surface area contributed by atoms with Crippen LogP contribution in [-0.4, -0.2) is 19.3 Å². The van der Waals surface area contributed by atoms with Gasteiger partial charge in [0, 0.05) is 0 Å². The summed E-state index contributed by atoms with van der Waals surface area (Å²) in [5, 5.41) is 4.77. The fourth-order valence-corrected chi connectivity index (χ4v) is 2.94. The third-order valence-electron chi connectivity index (χ3n) is 4.53. The monoisotopic (exact) mass is 348 g/mol. The molecule has 2 heterocycles. The van der Waals surface area contributed by atoms with Crippen LogP contribution in [0.5, 0.6) is 0 Å². The zero-order valence-corrected chi connectivity index (χ0v) is 14.5. The SMILES string of the molecule is Cc1ccc(-n2ncc3c(=O)n(Cc4cccc(F)c4)cnc32)cc1C. The number of benzene rings is 2. The molecule has 0 aliphatic rings. The average molecular weight is 348 g/mol. The van der Waals surface area contributed by atoms with Crippen molar-refractivity contribution in [1.82, 2.24) is 19.3 Å². The van der Waals surface area contributed by atoms with Gasteiger partial charge in [0.1, 0.15) is 17.5 Å². The van der Waals surface area contributed by atoms with Crippen molar-refractivity contribution in [3.63, 3.8) is 0 Å². The molecule has 0 spiro atoms. The lowest BCUT2D eigenvalue weighted by Crippen LogP contribution is -2.21. The molecule has 2 aromatic heterocycles. The molecule has 0 radical (unpaired) electrons. The van der Waals surface area contributed by atoms with Crippen molar-refractivity contribution in [2.24, 2.45) is 0 Å². The van der Waals surface area contributed by atoms with Crippen LogP contribution in [0.2, 0.25) is 0 Å². The molecule has 0 unspecified atom stereocenters. The van der Waals surface area contributed by atoms with Gasteiger partial charge in [-0.1, -0.05) is 18.2 Å². The molecule has 4 aromatic rings. The largest absolute Gasteiger partial charge is 0.294 e. The van der Waals surface area contributed by atoms with E-state index >= 15 is 0 Å². The van der Waals surface area contributed by atoms with E-state index in [1.54, 1.807) is 16.8 Å². The van der Waals surface area contributed by atoms with E-state index in [0.29, 0.717) is 16.6 Å². The third kappa shape index (κ3) is 2.79. The molecule has 0 bridgehead atoms. The van der Waals surface area contributed by atoms with Crippen molar-refractivity contribution in [3.8, 4) is 5.69 Å². The first-order chi connectivity index (χ1) is 12.5. The average Bonchev–Trinajstić information content (AvgIpc) is 3.05. The maximum Gasteiger partial charge on any atom is 0.264 e. The van der Waals surface area contributed by atoms with Gasteiger partial charge in [0.05, 0.1) is 18.4 Å². The summed E-state index contributed by atoms with van der Waals surface area (Å²) in [7, 11) is 0. The number of hydrogen-bond donors (Lipinski definition) is 0. The summed E-state index contributed by atoms with van der Waals surface area (Å²) >= 11 is 0. The molecule has 0 N–H and O–H groups in total. The van der Waals surface area contributed by atoms with Crippen molar-refractivity contribution >= 4 is 11.0 Å². The maximum absolute atomic E-state index is 13.4. The van der Waals surface area contributed by atoms with Crippen molar-refractivity contribution in [2.75, 3.05) is 0 Å². The Morgan fingerprint density at radius 2 is 1.92 bits per heavy atom. The van der Waals surface area contributed by atoms with Crippen molar-refractivity contribution in [3.05, 3.63) is 87.9 Å². The summed E-state index contributed by atoms with van der Waals surface area (Å²) in [6.07, 6.45) is 3.01. The zero-order chi connectivity index (χ0) is 18.3. The first-order valence-electron chi connectivity index (χ1n) is 8.28. The van der Waals surface area contributed by atoms with Gasteiger partial charge in [-0.3, -0.25) is 9.36 Å². The van der Waals surface area contributed by atoms with Crippen LogP contribution in [-0.2, 0) is 6.54 Å². The Morgan fingerprint density at radius 1 is 1.08 bits per heavy atom. The molecule has 0 saturated carbocycles. The minimum Gasteiger partial charge on any atom is -0.294 e. The maximum atomic E-state index is 13.4. The first kappa shape index (κ1) is 16.2. The lowest BCUT2D eigenvalue weighted by atomic mass is 10.1. The summed E-state index contributed by atoms with van der Waals surface area (Å²) in [5.41, 5.74) is 4.21. The molecule has 4 rings (SSSR count). The van der Waals surface area contributed by atoms with Gasteiger partial charge < -0.3 is 0 Å². The highest BCUT2D eigenvalue weighted by Gasteiger charge is 2.12. The van der Waals surface area contributed by atoms with Gasteiger partial charge in [0.25, 0.3) is 5.56 Å². The van der Waals surface area contributed by atoms with Crippen LogP contribution < -0.4 is 5.56 Å². The lowest BCUT2D eigenvalue weighted by Gasteiger charge is -2.08. The number of rotatable bonds is 3.